The second-order valence-electron chi connectivity index (χ2n) is 8.43. The van der Waals surface area contributed by atoms with Gasteiger partial charge in [-0.25, -0.2) is 9.59 Å². The topological polar surface area (TPSA) is 79.2 Å². The third-order valence-electron chi connectivity index (χ3n) is 6.59. The third-order valence-corrected chi connectivity index (χ3v) is 7.07. The molecule has 5 nitrogen and oxygen atoms in total. The number of carbonyl (C=O) groups is 2. The van der Waals surface area contributed by atoms with Crippen molar-refractivity contribution in [3.63, 3.8) is 0 Å². The largest absolute Gasteiger partial charge is 0.491 e. The van der Waals surface area contributed by atoms with Crippen molar-refractivity contribution in [1.82, 2.24) is 5.32 Å². The van der Waals surface area contributed by atoms with Crippen LogP contribution in [0.15, 0.2) is 48.5 Å². The number of ether oxygens (including phenoxy) is 1. The van der Waals surface area contributed by atoms with Gasteiger partial charge in [-0.1, -0.05) is 74.2 Å². The summed E-state index contributed by atoms with van der Waals surface area (Å²) >= 11 is 12.3. The average molecular weight is 527 g/mol. The van der Waals surface area contributed by atoms with E-state index in [1.807, 2.05) is 13.8 Å². The number of nitrogens with one attached hydrogen (secondary N) is 1. The summed E-state index contributed by atoms with van der Waals surface area (Å²) in [4.78, 5) is 24.5. The van der Waals surface area contributed by atoms with Crippen LogP contribution in [0.2, 0.25) is 10.0 Å². The molecule has 35 heavy (non-hydrogen) atoms. The maximum atomic E-state index is 13.0. The van der Waals surface area contributed by atoms with Crippen LogP contribution >= 0.6 is 23.2 Å². The van der Waals surface area contributed by atoms with Gasteiger partial charge in [0.25, 0.3) is 0 Å². The van der Waals surface area contributed by atoms with E-state index in [9.17, 15) is 28.0 Å². The van der Waals surface area contributed by atoms with Crippen molar-refractivity contribution < 1.29 is 27.5 Å². The lowest BCUT2D eigenvalue weighted by atomic mass is 9.62. The van der Waals surface area contributed by atoms with Crippen LogP contribution in [0.5, 0.6) is 0 Å². The van der Waals surface area contributed by atoms with Crippen molar-refractivity contribution in [2.45, 2.75) is 56.3 Å². The maximum absolute atomic E-state index is 13.0. The molecule has 3 rings (SSSR count). The van der Waals surface area contributed by atoms with Crippen LogP contribution in [0.4, 0.5) is 13.2 Å². The fourth-order valence-electron chi connectivity index (χ4n) is 5.01. The molecule has 0 aliphatic carbocycles. The van der Waals surface area contributed by atoms with Gasteiger partial charge in [0.2, 0.25) is 0 Å². The summed E-state index contributed by atoms with van der Waals surface area (Å²) in [6.45, 7) is 3.85. The molecule has 0 spiro atoms. The SMILES string of the molecule is CCC(CC)[C@@H]1N[C@@H](C(=O)OC(=O)C(F)(F)F)[C@H](c2cccc(Cl)c2)[C@@]1(C#N)c1ccc(Cl)cc1. The first-order valence-corrected chi connectivity index (χ1v) is 11.8. The second kappa shape index (κ2) is 10.6. The van der Waals surface area contributed by atoms with Crippen molar-refractivity contribution in [2.75, 3.05) is 0 Å². The highest BCUT2D eigenvalue weighted by atomic mass is 35.5. The van der Waals surface area contributed by atoms with Gasteiger partial charge >= 0.3 is 18.1 Å². The number of rotatable bonds is 6. The van der Waals surface area contributed by atoms with E-state index in [1.165, 1.54) is 0 Å². The zero-order chi connectivity index (χ0) is 26.0. The number of nitrogens with zero attached hydrogens (tertiary/aromatic N) is 1. The van der Waals surface area contributed by atoms with E-state index in [0.29, 0.717) is 34.0 Å². The van der Waals surface area contributed by atoms with Crippen LogP contribution in [0.1, 0.15) is 43.7 Å². The lowest BCUT2D eigenvalue weighted by Gasteiger charge is -2.38. The van der Waals surface area contributed by atoms with E-state index in [-0.39, 0.29) is 5.92 Å². The quantitative estimate of drug-likeness (QED) is 0.371. The van der Waals surface area contributed by atoms with E-state index in [2.05, 4.69) is 16.1 Å². The lowest BCUT2D eigenvalue weighted by Crippen LogP contribution is -2.47. The number of nitriles is 1. The molecule has 0 unspecified atom stereocenters. The Morgan fingerprint density at radius 2 is 1.74 bits per heavy atom. The molecular formula is C25H23Cl2F3N2O3. The van der Waals surface area contributed by atoms with Crippen LogP contribution in [0, 0.1) is 17.2 Å². The van der Waals surface area contributed by atoms with Gasteiger partial charge in [-0.3, -0.25) is 5.32 Å². The summed E-state index contributed by atoms with van der Waals surface area (Å²) in [5, 5.41) is 14.5. The normalized spacial score (nSPS) is 24.3. The van der Waals surface area contributed by atoms with Crippen molar-refractivity contribution in [1.29, 1.82) is 5.26 Å². The van der Waals surface area contributed by atoms with Gasteiger partial charge in [0, 0.05) is 22.0 Å². The third kappa shape index (κ3) is 5.18. The number of benzene rings is 2. The summed E-state index contributed by atoms with van der Waals surface area (Å²) in [5.41, 5.74) is -0.454. The summed E-state index contributed by atoms with van der Waals surface area (Å²) in [5.74, 6) is -5.19. The Hall–Kier alpha value is -2.60. The van der Waals surface area contributed by atoms with Gasteiger partial charge in [0.15, 0.2) is 0 Å². The Kier molecular flexibility index (Phi) is 8.15. The van der Waals surface area contributed by atoms with Gasteiger partial charge in [0.1, 0.15) is 11.5 Å². The first-order valence-electron chi connectivity index (χ1n) is 11.0. The van der Waals surface area contributed by atoms with Crippen LogP contribution in [0.3, 0.4) is 0 Å². The van der Waals surface area contributed by atoms with E-state index in [0.717, 1.165) is 0 Å². The molecule has 4 atom stereocenters. The smallest absolute Gasteiger partial charge is 0.385 e. The molecule has 1 fully saturated rings. The minimum atomic E-state index is -5.35. The highest BCUT2D eigenvalue weighted by Gasteiger charge is 2.61. The Morgan fingerprint density at radius 1 is 1.11 bits per heavy atom. The standard InChI is InChI=1S/C25H23Cl2F3N2O3/c1-3-14(4-2)21-24(13-31,16-8-10-17(26)11-9-16)19(15-6-5-7-18(27)12-15)20(32-21)22(33)35-23(34)25(28,29)30/h5-12,14,19-21,32H,3-4H2,1-2H3/t19-,20+,21-,24+/m0/s1. The molecule has 2 aromatic rings. The Morgan fingerprint density at radius 3 is 2.26 bits per heavy atom. The molecule has 0 radical (unpaired) electrons. The molecule has 1 N–H and O–H groups in total. The molecule has 0 saturated carbocycles. The molecule has 186 valence electrons. The molecule has 2 aromatic carbocycles. The number of hydrogen-bond donors (Lipinski definition) is 1. The molecule has 1 heterocycles. The highest BCUT2D eigenvalue weighted by molar-refractivity contribution is 6.30. The molecule has 1 aliphatic rings. The minimum absolute atomic E-state index is 0.136. The minimum Gasteiger partial charge on any atom is -0.385 e. The van der Waals surface area contributed by atoms with E-state index >= 15 is 0 Å². The lowest BCUT2D eigenvalue weighted by molar-refractivity contribution is -0.202. The molecule has 0 amide bonds. The molecule has 1 aliphatic heterocycles. The predicted octanol–water partition coefficient (Wildman–Crippen LogP) is 5.95. The summed E-state index contributed by atoms with van der Waals surface area (Å²) in [6, 6.07) is 13.2. The molecule has 10 heteroatoms. The first-order chi connectivity index (χ1) is 16.5. The number of hydrogen-bond acceptors (Lipinski definition) is 5. The van der Waals surface area contributed by atoms with Gasteiger partial charge in [-0.15, -0.1) is 0 Å². The van der Waals surface area contributed by atoms with Crippen molar-refractivity contribution in [2.24, 2.45) is 5.92 Å². The highest BCUT2D eigenvalue weighted by Crippen LogP contribution is 2.52. The molecule has 1 saturated heterocycles. The Labute approximate surface area is 211 Å². The fraction of sp³-hybridized carbons (Fsp3) is 0.400. The first kappa shape index (κ1) is 27.0. The van der Waals surface area contributed by atoms with Gasteiger partial charge in [-0.2, -0.15) is 18.4 Å². The number of alkyl halides is 3. The maximum Gasteiger partial charge on any atom is 0.491 e. The van der Waals surface area contributed by atoms with Crippen LogP contribution < -0.4 is 5.32 Å². The van der Waals surface area contributed by atoms with Crippen molar-refractivity contribution >= 4 is 35.1 Å². The summed E-state index contributed by atoms with van der Waals surface area (Å²) in [6.07, 6.45) is -4.11. The van der Waals surface area contributed by atoms with Crippen LogP contribution in [-0.4, -0.2) is 30.2 Å². The monoisotopic (exact) mass is 526 g/mol. The molecule has 0 bridgehead atoms. The average Bonchev–Trinajstić information content (AvgIpc) is 3.16. The van der Waals surface area contributed by atoms with Crippen LogP contribution in [0.25, 0.3) is 0 Å². The van der Waals surface area contributed by atoms with E-state index < -0.39 is 41.5 Å². The summed E-state index contributed by atoms with van der Waals surface area (Å²) in [7, 11) is 0. The second-order valence-corrected chi connectivity index (χ2v) is 9.30. The van der Waals surface area contributed by atoms with Gasteiger partial charge in [0.05, 0.1) is 6.07 Å². The zero-order valence-corrected chi connectivity index (χ0v) is 20.4. The number of halogens is 5. The van der Waals surface area contributed by atoms with Gasteiger partial charge < -0.3 is 4.74 Å². The number of carbonyl (C=O) groups excluding carboxylic acids is 2. The Bertz CT molecular complexity index is 1130. The molecule has 0 aromatic heterocycles. The van der Waals surface area contributed by atoms with Gasteiger partial charge in [-0.05, 0) is 41.3 Å². The zero-order valence-electron chi connectivity index (χ0n) is 18.9. The number of esters is 2. The summed E-state index contributed by atoms with van der Waals surface area (Å²) < 4.78 is 42.9. The van der Waals surface area contributed by atoms with E-state index in [4.69, 9.17) is 23.2 Å². The van der Waals surface area contributed by atoms with Crippen molar-refractivity contribution in [3.8, 4) is 6.07 Å². The fourth-order valence-corrected chi connectivity index (χ4v) is 5.33. The Balaban J connectivity index is 2.26. The predicted molar refractivity (Wildman–Crippen MR) is 125 cm³/mol. The van der Waals surface area contributed by atoms with Crippen LogP contribution in [-0.2, 0) is 19.7 Å². The van der Waals surface area contributed by atoms with E-state index in [1.54, 1.807) is 48.5 Å². The van der Waals surface area contributed by atoms with Crippen molar-refractivity contribution in [3.05, 3.63) is 69.7 Å². The molecular weight excluding hydrogens is 504 g/mol.